The van der Waals surface area contributed by atoms with Gasteiger partial charge in [-0.05, 0) is 42.5 Å². The Bertz CT molecular complexity index is 1050. The molecule has 0 aromatic heterocycles. The number of benzene rings is 2. The van der Waals surface area contributed by atoms with Gasteiger partial charge in [0.05, 0.1) is 11.9 Å². The highest BCUT2D eigenvalue weighted by molar-refractivity contribution is 7.92. The number of anilines is 1. The number of likely N-dealkylation sites (N-methyl/N-ethyl adjacent to an activating group) is 1. The van der Waals surface area contributed by atoms with E-state index in [0.717, 1.165) is 27.3 Å². The predicted molar refractivity (Wildman–Crippen MR) is 133 cm³/mol. The van der Waals surface area contributed by atoms with Gasteiger partial charge in [-0.25, -0.2) is 8.42 Å². The van der Waals surface area contributed by atoms with Gasteiger partial charge in [-0.1, -0.05) is 62.7 Å². The van der Waals surface area contributed by atoms with Crippen LogP contribution in [0.15, 0.2) is 48.5 Å². The summed E-state index contributed by atoms with van der Waals surface area (Å²) in [6.45, 7) is 7.72. The van der Waals surface area contributed by atoms with Crippen molar-refractivity contribution in [3.63, 3.8) is 0 Å². The van der Waals surface area contributed by atoms with E-state index >= 15 is 0 Å². The second kappa shape index (κ2) is 11.3. The van der Waals surface area contributed by atoms with Crippen molar-refractivity contribution in [3.8, 4) is 0 Å². The van der Waals surface area contributed by atoms with Gasteiger partial charge in [-0.3, -0.25) is 13.9 Å². The number of nitrogens with one attached hydrogen (secondary N) is 1. The first-order chi connectivity index (χ1) is 15.5. The Morgan fingerprint density at radius 1 is 1.00 bits per heavy atom. The van der Waals surface area contributed by atoms with Crippen molar-refractivity contribution in [2.75, 3.05) is 24.2 Å². The lowest BCUT2D eigenvalue weighted by Crippen LogP contribution is -2.51. The van der Waals surface area contributed by atoms with E-state index in [0.29, 0.717) is 18.0 Å². The number of carbonyl (C=O) groups excluding carboxylic acids is 2. The SMILES string of the molecule is CCC(C(=O)NC)N(Cc1ccc(C)cc1)C(=O)CN(c1ccc(C(C)C)cc1)S(C)(=O)=O. The van der Waals surface area contributed by atoms with Gasteiger partial charge in [0.15, 0.2) is 0 Å². The lowest BCUT2D eigenvalue weighted by Gasteiger charge is -2.32. The third-order valence-corrected chi connectivity index (χ3v) is 6.77. The molecule has 7 nitrogen and oxygen atoms in total. The number of rotatable bonds is 10. The molecule has 33 heavy (non-hydrogen) atoms. The van der Waals surface area contributed by atoms with Crippen LogP contribution in [0.25, 0.3) is 0 Å². The van der Waals surface area contributed by atoms with E-state index < -0.39 is 22.0 Å². The Morgan fingerprint density at radius 3 is 2.03 bits per heavy atom. The number of amides is 2. The minimum atomic E-state index is -3.73. The van der Waals surface area contributed by atoms with Gasteiger partial charge in [0.2, 0.25) is 21.8 Å². The second-order valence-electron chi connectivity index (χ2n) is 8.56. The lowest BCUT2D eigenvalue weighted by atomic mass is 10.0. The standard InChI is InChI=1S/C25H35N3O4S/c1-7-23(25(30)26-5)27(16-20-10-8-19(4)9-11-20)24(29)17-28(33(6,31)32)22-14-12-21(13-15-22)18(2)3/h8-15,18,23H,7,16-17H2,1-6H3,(H,26,30). The minimum Gasteiger partial charge on any atom is -0.357 e. The summed E-state index contributed by atoms with van der Waals surface area (Å²) in [6, 6.07) is 14.1. The summed E-state index contributed by atoms with van der Waals surface area (Å²) in [5.41, 5.74) is 3.44. The van der Waals surface area contributed by atoms with Crippen LogP contribution in [0.2, 0.25) is 0 Å². The van der Waals surface area contributed by atoms with Crippen LogP contribution < -0.4 is 9.62 Å². The largest absolute Gasteiger partial charge is 0.357 e. The molecule has 2 amide bonds. The van der Waals surface area contributed by atoms with E-state index in [-0.39, 0.29) is 19.0 Å². The van der Waals surface area contributed by atoms with Crippen LogP contribution in [-0.4, -0.2) is 51.0 Å². The molecule has 2 rings (SSSR count). The summed E-state index contributed by atoms with van der Waals surface area (Å²) in [6.07, 6.45) is 1.48. The quantitative estimate of drug-likeness (QED) is 0.573. The molecular formula is C25H35N3O4S. The second-order valence-corrected chi connectivity index (χ2v) is 10.5. The summed E-state index contributed by atoms with van der Waals surface area (Å²) >= 11 is 0. The predicted octanol–water partition coefficient (Wildman–Crippen LogP) is 3.44. The molecule has 0 saturated carbocycles. The molecule has 0 aliphatic carbocycles. The van der Waals surface area contributed by atoms with Crippen molar-refractivity contribution < 1.29 is 18.0 Å². The Morgan fingerprint density at radius 2 is 1.58 bits per heavy atom. The molecule has 1 N–H and O–H groups in total. The van der Waals surface area contributed by atoms with Crippen LogP contribution in [0.5, 0.6) is 0 Å². The molecule has 0 spiro atoms. The number of nitrogens with zero attached hydrogens (tertiary/aromatic N) is 2. The van der Waals surface area contributed by atoms with E-state index in [1.54, 1.807) is 12.1 Å². The third kappa shape index (κ3) is 7.05. The summed E-state index contributed by atoms with van der Waals surface area (Å²) in [5.74, 6) is -0.426. The fraction of sp³-hybridized carbons (Fsp3) is 0.440. The Kier molecular flexibility index (Phi) is 9.05. The van der Waals surface area contributed by atoms with Gasteiger partial charge >= 0.3 is 0 Å². The fourth-order valence-electron chi connectivity index (χ4n) is 3.62. The van der Waals surface area contributed by atoms with Gasteiger partial charge in [0, 0.05) is 13.6 Å². The maximum atomic E-state index is 13.5. The maximum absolute atomic E-state index is 13.5. The van der Waals surface area contributed by atoms with E-state index in [2.05, 4.69) is 19.2 Å². The smallest absolute Gasteiger partial charge is 0.244 e. The third-order valence-electron chi connectivity index (χ3n) is 5.63. The van der Waals surface area contributed by atoms with Gasteiger partial charge in [0.25, 0.3) is 0 Å². The van der Waals surface area contributed by atoms with E-state index in [1.165, 1.54) is 11.9 Å². The minimum absolute atomic E-state index is 0.203. The number of hydrogen-bond acceptors (Lipinski definition) is 4. The zero-order valence-electron chi connectivity index (χ0n) is 20.3. The van der Waals surface area contributed by atoms with Crippen molar-refractivity contribution in [1.82, 2.24) is 10.2 Å². The molecular weight excluding hydrogens is 438 g/mol. The van der Waals surface area contributed by atoms with Crippen molar-refractivity contribution in [1.29, 1.82) is 0 Å². The van der Waals surface area contributed by atoms with Gasteiger partial charge in [-0.15, -0.1) is 0 Å². The molecule has 0 heterocycles. The number of carbonyl (C=O) groups is 2. The van der Waals surface area contributed by atoms with Crippen LogP contribution in [0, 0.1) is 6.92 Å². The van der Waals surface area contributed by atoms with E-state index in [1.807, 2.05) is 50.2 Å². The van der Waals surface area contributed by atoms with Crippen molar-refractivity contribution in [2.24, 2.45) is 0 Å². The molecule has 0 bridgehead atoms. The first-order valence-electron chi connectivity index (χ1n) is 11.1. The van der Waals surface area contributed by atoms with Crippen molar-refractivity contribution >= 4 is 27.5 Å². The van der Waals surface area contributed by atoms with Gasteiger partial charge in [-0.2, -0.15) is 0 Å². The van der Waals surface area contributed by atoms with Crippen LogP contribution in [0.1, 0.15) is 49.8 Å². The summed E-state index contributed by atoms with van der Waals surface area (Å²) < 4.78 is 26.3. The first-order valence-corrected chi connectivity index (χ1v) is 13.0. The van der Waals surface area contributed by atoms with Crippen LogP contribution in [0.4, 0.5) is 5.69 Å². The monoisotopic (exact) mass is 473 g/mol. The zero-order chi connectivity index (χ0) is 24.8. The molecule has 0 radical (unpaired) electrons. The molecule has 0 aliphatic rings. The number of hydrogen-bond donors (Lipinski definition) is 1. The zero-order valence-corrected chi connectivity index (χ0v) is 21.1. The molecule has 1 unspecified atom stereocenters. The number of aryl methyl sites for hydroxylation is 1. The van der Waals surface area contributed by atoms with E-state index in [9.17, 15) is 18.0 Å². The van der Waals surface area contributed by atoms with Crippen molar-refractivity contribution in [2.45, 2.75) is 52.6 Å². The molecule has 2 aromatic carbocycles. The van der Waals surface area contributed by atoms with Crippen LogP contribution in [-0.2, 0) is 26.2 Å². The highest BCUT2D eigenvalue weighted by atomic mass is 32.2. The topological polar surface area (TPSA) is 86.8 Å². The Hall–Kier alpha value is -2.87. The normalized spacial score (nSPS) is 12.3. The maximum Gasteiger partial charge on any atom is 0.244 e. The average Bonchev–Trinajstić information content (AvgIpc) is 2.77. The number of sulfonamides is 1. The van der Waals surface area contributed by atoms with Crippen molar-refractivity contribution in [3.05, 3.63) is 65.2 Å². The highest BCUT2D eigenvalue weighted by Crippen LogP contribution is 2.23. The van der Waals surface area contributed by atoms with Gasteiger partial charge < -0.3 is 10.2 Å². The van der Waals surface area contributed by atoms with E-state index in [4.69, 9.17) is 0 Å². The molecule has 2 aromatic rings. The first kappa shape index (κ1) is 26.4. The lowest BCUT2D eigenvalue weighted by molar-refractivity contribution is -0.140. The fourth-order valence-corrected chi connectivity index (χ4v) is 4.47. The summed E-state index contributed by atoms with van der Waals surface area (Å²) in [4.78, 5) is 27.5. The molecule has 180 valence electrons. The molecule has 0 fully saturated rings. The highest BCUT2D eigenvalue weighted by Gasteiger charge is 2.31. The molecule has 0 aliphatic heterocycles. The summed E-state index contributed by atoms with van der Waals surface area (Å²) in [7, 11) is -2.20. The van der Waals surface area contributed by atoms with Gasteiger partial charge in [0.1, 0.15) is 12.6 Å². The Labute approximate surface area is 197 Å². The van der Waals surface area contributed by atoms with Crippen LogP contribution in [0.3, 0.4) is 0 Å². The van der Waals surface area contributed by atoms with Crippen LogP contribution >= 0.6 is 0 Å². The molecule has 0 saturated heterocycles. The molecule has 1 atom stereocenters. The average molecular weight is 474 g/mol. The molecule has 8 heteroatoms. The Balaban J connectivity index is 2.40. The summed E-state index contributed by atoms with van der Waals surface area (Å²) in [5, 5.41) is 2.61.